The smallest absolute Gasteiger partial charge is 0.338 e. The number of hydrogen-bond donors (Lipinski definition) is 2. The first-order valence-corrected chi connectivity index (χ1v) is 7.60. The highest BCUT2D eigenvalue weighted by Crippen LogP contribution is 2.32. The van der Waals surface area contributed by atoms with Crippen molar-refractivity contribution < 1.29 is 19.0 Å². The number of carbonyl (C=O) groups is 1. The van der Waals surface area contributed by atoms with Crippen molar-refractivity contribution in [2.45, 2.75) is 13.0 Å². The molecule has 1 rings (SSSR count). The lowest BCUT2D eigenvalue weighted by atomic mass is 10.1. The number of aromatic carboxylic acids is 1. The van der Waals surface area contributed by atoms with E-state index in [4.69, 9.17) is 16.7 Å². The summed E-state index contributed by atoms with van der Waals surface area (Å²) < 4.78 is 11.1. The standard InChI is InChI=1S/C11H13ClN2O5S/c1-6(5-20(2)19)13-10-8(11(15)16)3-7(14(17)18)4-9(10)12/h3-4,6,13H,5H2,1-2H3,(H,15,16). The summed E-state index contributed by atoms with van der Waals surface area (Å²) in [6.07, 6.45) is 1.52. The van der Waals surface area contributed by atoms with Crippen molar-refractivity contribution in [2.75, 3.05) is 17.3 Å². The largest absolute Gasteiger partial charge is 0.478 e. The lowest BCUT2D eigenvalue weighted by Gasteiger charge is -2.17. The maximum atomic E-state index is 11.2. The van der Waals surface area contributed by atoms with Crippen LogP contribution in [0, 0.1) is 10.1 Å². The third-order valence-corrected chi connectivity index (χ3v) is 3.66. The molecule has 110 valence electrons. The van der Waals surface area contributed by atoms with Crippen molar-refractivity contribution in [1.82, 2.24) is 0 Å². The molecule has 0 fully saturated rings. The summed E-state index contributed by atoms with van der Waals surface area (Å²) in [6.45, 7) is 1.71. The first-order valence-electron chi connectivity index (χ1n) is 5.50. The zero-order valence-electron chi connectivity index (χ0n) is 10.8. The van der Waals surface area contributed by atoms with E-state index in [1.165, 1.54) is 6.26 Å². The molecular formula is C11H13ClN2O5S. The number of non-ortho nitro benzene ring substituents is 1. The highest BCUT2D eigenvalue weighted by molar-refractivity contribution is 7.84. The van der Waals surface area contributed by atoms with Crippen LogP contribution in [0.2, 0.25) is 5.02 Å². The zero-order chi connectivity index (χ0) is 15.4. The summed E-state index contributed by atoms with van der Waals surface area (Å²) in [7, 11) is -1.07. The molecule has 0 aromatic heterocycles. The average molecular weight is 321 g/mol. The molecule has 0 aliphatic heterocycles. The molecule has 9 heteroatoms. The minimum atomic E-state index is -1.33. The number of rotatable bonds is 6. The lowest BCUT2D eigenvalue weighted by molar-refractivity contribution is -0.384. The van der Waals surface area contributed by atoms with E-state index in [-0.39, 0.29) is 22.3 Å². The average Bonchev–Trinajstić information content (AvgIpc) is 2.29. The Morgan fingerprint density at radius 1 is 1.60 bits per heavy atom. The Kier molecular flexibility index (Phi) is 5.46. The molecule has 7 nitrogen and oxygen atoms in total. The molecule has 0 saturated carbocycles. The molecule has 2 N–H and O–H groups in total. The Balaban J connectivity index is 3.21. The van der Waals surface area contributed by atoms with E-state index in [9.17, 15) is 19.1 Å². The van der Waals surface area contributed by atoms with Crippen LogP contribution in [0.25, 0.3) is 0 Å². The van der Waals surface area contributed by atoms with Gasteiger partial charge >= 0.3 is 5.97 Å². The second kappa shape index (κ2) is 6.67. The maximum Gasteiger partial charge on any atom is 0.338 e. The van der Waals surface area contributed by atoms with E-state index < -0.39 is 27.4 Å². The predicted molar refractivity (Wildman–Crippen MR) is 77.1 cm³/mol. The first-order chi connectivity index (χ1) is 9.22. The van der Waals surface area contributed by atoms with Gasteiger partial charge < -0.3 is 10.4 Å². The normalized spacial score (nSPS) is 13.6. The number of anilines is 1. The second-order valence-electron chi connectivity index (χ2n) is 4.20. The van der Waals surface area contributed by atoms with Gasteiger partial charge in [0.05, 0.1) is 21.2 Å². The van der Waals surface area contributed by atoms with Crippen LogP contribution in [0.4, 0.5) is 11.4 Å². The van der Waals surface area contributed by atoms with Gasteiger partial charge in [0.2, 0.25) is 0 Å². The van der Waals surface area contributed by atoms with Crippen LogP contribution in [0.5, 0.6) is 0 Å². The van der Waals surface area contributed by atoms with E-state index in [0.717, 1.165) is 12.1 Å². The Bertz CT molecular complexity index is 578. The SMILES string of the molecule is CC(CS(C)=O)Nc1c(Cl)cc([N+](=O)[O-])cc1C(=O)O. The third-order valence-electron chi connectivity index (χ3n) is 2.39. The van der Waals surface area contributed by atoms with Crippen molar-refractivity contribution in [2.24, 2.45) is 0 Å². The maximum absolute atomic E-state index is 11.2. The van der Waals surface area contributed by atoms with Crippen LogP contribution in [-0.2, 0) is 10.8 Å². The summed E-state index contributed by atoms with van der Waals surface area (Å²) in [5.41, 5.74) is -0.606. The van der Waals surface area contributed by atoms with Crippen molar-refractivity contribution in [3.05, 3.63) is 32.8 Å². The molecule has 0 aliphatic carbocycles. The van der Waals surface area contributed by atoms with Crippen molar-refractivity contribution in [3.8, 4) is 0 Å². The van der Waals surface area contributed by atoms with E-state index in [1.54, 1.807) is 6.92 Å². The molecule has 0 radical (unpaired) electrons. The Labute approximate surface area is 122 Å². The van der Waals surface area contributed by atoms with Crippen LogP contribution in [0.1, 0.15) is 17.3 Å². The molecule has 1 aromatic rings. The number of nitro benzene ring substituents is 1. The van der Waals surface area contributed by atoms with Crippen molar-refractivity contribution >= 4 is 39.7 Å². The van der Waals surface area contributed by atoms with Gasteiger partial charge in [0, 0.05) is 41.0 Å². The van der Waals surface area contributed by atoms with Gasteiger partial charge in [-0.2, -0.15) is 0 Å². The summed E-state index contributed by atoms with van der Waals surface area (Å²) >= 11 is 5.90. The molecule has 2 atom stereocenters. The van der Waals surface area contributed by atoms with Gasteiger partial charge in [0.1, 0.15) is 0 Å². The summed E-state index contributed by atoms with van der Waals surface area (Å²) in [6, 6.07) is 1.72. The fraction of sp³-hybridized carbons (Fsp3) is 0.364. The van der Waals surface area contributed by atoms with Gasteiger partial charge in [-0.25, -0.2) is 4.79 Å². The predicted octanol–water partition coefficient (Wildman–Crippen LogP) is 2.13. The van der Waals surface area contributed by atoms with Crippen LogP contribution >= 0.6 is 11.6 Å². The number of halogens is 1. The number of nitrogens with zero attached hydrogens (tertiary/aromatic N) is 1. The van der Waals surface area contributed by atoms with E-state index in [0.29, 0.717) is 5.75 Å². The molecule has 0 amide bonds. The fourth-order valence-electron chi connectivity index (χ4n) is 1.65. The number of carboxylic acid groups (broad SMARTS) is 1. The van der Waals surface area contributed by atoms with Gasteiger partial charge in [-0.15, -0.1) is 0 Å². The van der Waals surface area contributed by atoms with Crippen LogP contribution in [0.3, 0.4) is 0 Å². The Morgan fingerprint density at radius 2 is 2.20 bits per heavy atom. The molecule has 0 aliphatic rings. The van der Waals surface area contributed by atoms with Gasteiger partial charge in [0.15, 0.2) is 0 Å². The first kappa shape index (κ1) is 16.4. The molecule has 2 unspecified atom stereocenters. The van der Waals surface area contributed by atoms with E-state index >= 15 is 0 Å². The van der Waals surface area contributed by atoms with Gasteiger partial charge in [-0.3, -0.25) is 14.3 Å². The summed E-state index contributed by atoms with van der Waals surface area (Å²) in [4.78, 5) is 21.2. The zero-order valence-corrected chi connectivity index (χ0v) is 12.3. The minimum Gasteiger partial charge on any atom is -0.478 e. The van der Waals surface area contributed by atoms with Crippen molar-refractivity contribution in [1.29, 1.82) is 0 Å². The highest BCUT2D eigenvalue weighted by atomic mass is 35.5. The number of hydrogen-bond acceptors (Lipinski definition) is 5. The van der Waals surface area contributed by atoms with Crippen LogP contribution < -0.4 is 5.32 Å². The van der Waals surface area contributed by atoms with Gasteiger partial charge in [0.25, 0.3) is 5.69 Å². The monoisotopic (exact) mass is 320 g/mol. The quantitative estimate of drug-likeness (QED) is 0.613. The van der Waals surface area contributed by atoms with E-state index in [2.05, 4.69) is 5.32 Å². The third kappa shape index (κ3) is 4.17. The molecule has 0 spiro atoms. The van der Waals surface area contributed by atoms with Gasteiger partial charge in [-0.05, 0) is 6.92 Å². The molecular weight excluding hydrogens is 308 g/mol. The molecule has 20 heavy (non-hydrogen) atoms. The Morgan fingerprint density at radius 3 is 2.65 bits per heavy atom. The van der Waals surface area contributed by atoms with Crippen molar-refractivity contribution in [3.63, 3.8) is 0 Å². The van der Waals surface area contributed by atoms with E-state index in [1.807, 2.05) is 0 Å². The lowest BCUT2D eigenvalue weighted by Crippen LogP contribution is -2.23. The van der Waals surface area contributed by atoms with Gasteiger partial charge in [-0.1, -0.05) is 11.6 Å². The van der Waals surface area contributed by atoms with Crippen LogP contribution in [-0.4, -0.2) is 38.3 Å². The topological polar surface area (TPSA) is 110 Å². The molecule has 0 saturated heterocycles. The fourth-order valence-corrected chi connectivity index (χ4v) is 2.71. The number of carboxylic acids is 1. The second-order valence-corrected chi connectivity index (χ2v) is 6.08. The molecule has 0 bridgehead atoms. The highest BCUT2D eigenvalue weighted by Gasteiger charge is 2.21. The Hall–Kier alpha value is -1.67. The number of nitrogens with one attached hydrogen (secondary N) is 1. The molecule has 0 heterocycles. The van der Waals surface area contributed by atoms with Crippen LogP contribution in [0.15, 0.2) is 12.1 Å². The minimum absolute atomic E-state index is 0.0645. The number of nitro groups is 1. The summed E-state index contributed by atoms with van der Waals surface area (Å²) in [5, 5.41) is 22.6. The summed E-state index contributed by atoms with van der Waals surface area (Å²) in [5.74, 6) is -1.03. The number of benzene rings is 1. The molecule has 1 aromatic carbocycles.